The predicted octanol–water partition coefficient (Wildman–Crippen LogP) is 3.38. The van der Waals surface area contributed by atoms with Crippen molar-refractivity contribution in [1.29, 1.82) is 0 Å². The van der Waals surface area contributed by atoms with Gasteiger partial charge in [-0.15, -0.1) is 0 Å². The molecular weight excluding hydrogens is 330 g/mol. The molecule has 0 aliphatic heterocycles. The smallest absolute Gasteiger partial charge is 0.347 e. The summed E-state index contributed by atoms with van der Waals surface area (Å²) >= 11 is 0. The highest BCUT2D eigenvalue weighted by Crippen LogP contribution is 2.14. The summed E-state index contributed by atoms with van der Waals surface area (Å²) in [5, 5.41) is 2.90. The summed E-state index contributed by atoms with van der Waals surface area (Å²) in [4.78, 5) is 23.9. The van der Waals surface area contributed by atoms with Gasteiger partial charge in [0, 0.05) is 12.1 Å². The Kier molecular flexibility index (Phi) is 7.68. The van der Waals surface area contributed by atoms with Crippen molar-refractivity contribution in [3.8, 4) is 5.75 Å². The van der Waals surface area contributed by atoms with Crippen molar-refractivity contribution < 1.29 is 19.1 Å². The van der Waals surface area contributed by atoms with E-state index in [1.54, 1.807) is 31.2 Å². The third-order valence-electron chi connectivity index (χ3n) is 3.75. The highest BCUT2D eigenvalue weighted by atomic mass is 16.6. The Morgan fingerprint density at radius 2 is 1.73 bits per heavy atom. The van der Waals surface area contributed by atoms with Gasteiger partial charge in [0.2, 0.25) is 0 Å². The molecule has 0 spiro atoms. The van der Waals surface area contributed by atoms with Crippen molar-refractivity contribution in [3.63, 3.8) is 0 Å². The average molecular weight is 355 g/mol. The van der Waals surface area contributed by atoms with E-state index in [1.807, 2.05) is 37.3 Å². The van der Waals surface area contributed by atoms with E-state index < -0.39 is 12.1 Å². The highest BCUT2D eigenvalue weighted by Gasteiger charge is 2.16. The van der Waals surface area contributed by atoms with Crippen molar-refractivity contribution in [2.45, 2.75) is 32.8 Å². The van der Waals surface area contributed by atoms with Gasteiger partial charge in [-0.2, -0.15) is 0 Å². The fraction of sp³-hybridized carbons (Fsp3) is 0.333. The molecule has 0 heterocycles. The molecule has 0 bridgehead atoms. The SMILES string of the molecule is CCCOC(=O)[C@H](C)Oc1ccc(C(=O)NCCc2ccccc2)cc1. The molecule has 5 heteroatoms. The highest BCUT2D eigenvalue weighted by molar-refractivity contribution is 5.94. The molecule has 0 aliphatic rings. The van der Waals surface area contributed by atoms with Crippen LogP contribution < -0.4 is 10.1 Å². The van der Waals surface area contributed by atoms with Crippen molar-refractivity contribution in [3.05, 3.63) is 65.7 Å². The van der Waals surface area contributed by atoms with Crippen LogP contribution in [-0.4, -0.2) is 31.1 Å². The Morgan fingerprint density at radius 3 is 2.38 bits per heavy atom. The molecule has 5 nitrogen and oxygen atoms in total. The number of benzene rings is 2. The van der Waals surface area contributed by atoms with Gasteiger partial charge in [0.05, 0.1) is 6.61 Å². The molecule has 0 aromatic heterocycles. The van der Waals surface area contributed by atoms with Gasteiger partial charge in [-0.1, -0.05) is 37.3 Å². The van der Waals surface area contributed by atoms with Crippen molar-refractivity contribution >= 4 is 11.9 Å². The third-order valence-corrected chi connectivity index (χ3v) is 3.75. The van der Waals surface area contributed by atoms with Gasteiger partial charge in [0.15, 0.2) is 6.10 Å². The number of nitrogens with one attached hydrogen (secondary N) is 1. The van der Waals surface area contributed by atoms with Gasteiger partial charge < -0.3 is 14.8 Å². The van der Waals surface area contributed by atoms with Crippen LogP contribution in [-0.2, 0) is 16.0 Å². The van der Waals surface area contributed by atoms with Gasteiger partial charge in [-0.3, -0.25) is 4.79 Å². The van der Waals surface area contributed by atoms with Crippen molar-refractivity contribution in [2.24, 2.45) is 0 Å². The molecule has 2 rings (SSSR count). The quantitative estimate of drug-likeness (QED) is 0.701. The Labute approximate surface area is 154 Å². The van der Waals surface area contributed by atoms with Crippen LogP contribution in [0.3, 0.4) is 0 Å². The number of amides is 1. The average Bonchev–Trinajstić information content (AvgIpc) is 2.67. The number of rotatable bonds is 9. The molecule has 0 saturated carbocycles. The largest absolute Gasteiger partial charge is 0.479 e. The van der Waals surface area contributed by atoms with E-state index in [0.717, 1.165) is 12.8 Å². The minimum atomic E-state index is -0.688. The predicted molar refractivity (Wildman–Crippen MR) is 100 cm³/mol. The second-order valence-electron chi connectivity index (χ2n) is 5.94. The van der Waals surface area contributed by atoms with Gasteiger partial charge in [-0.25, -0.2) is 4.79 Å². The second-order valence-corrected chi connectivity index (χ2v) is 5.94. The summed E-state index contributed by atoms with van der Waals surface area (Å²) in [5.74, 6) is -0.00995. The first-order valence-corrected chi connectivity index (χ1v) is 8.85. The summed E-state index contributed by atoms with van der Waals surface area (Å²) in [6.07, 6.45) is 0.865. The first-order chi connectivity index (χ1) is 12.6. The minimum Gasteiger partial charge on any atom is -0.479 e. The summed E-state index contributed by atoms with van der Waals surface area (Å²) in [6.45, 7) is 4.53. The van der Waals surface area contributed by atoms with Gasteiger partial charge in [-0.05, 0) is 49.6 Å². The number of carbonyl (C=O) groups excluding carboxylic acids is 2. The maximum atomic E-state index is 12.2. The zero-order valence-corrected chi connectivity index (χ0v) is 15.2. The fourth-order valence-corrected chi connectivity index (χ4v) is 2.32. The molecule has 0 fully saturated rings. The lowest BCUT2D eigenvalue weighted by molar-refractivity contribution is -0.151. The molecule has 0 aliphatic carbocycles. The van der Waals surface area contributed by atoms with E-state index in [2.05, 4.69) is 5.32 Å². The van der Waals surface area contributed by atoms with Crippen LogP contribution in [0.5, 0.6) is 5.75 Å². The minimum absolute atomic E-state index is 0.136. The van der Waals surface area contributed by atoms with E-state index in [4.69, 9.17) is 9.47 Å². The summed E-state index contributed by atoms with van der Waals surface area (Å²) in [6, 6.07) is 16.7. The van der Waals surface area contributed by atoms with E-state index in [0.29, 0.717) is 24.5 Å². The number of carbonyl (C=O) groups is 2. The Balaban J connectivity index is 1.80. The zero-order chi connectivity index (χ0) is 18.8. The molecule has 2 aromatic rings. The standard InChI is InChI=1S/C21H25NO4/c1-3-15-25-21(24)16(2)26-19-11-9-18(10-12-19)20(23)22-14-13-17-7-5-4-6-8-17/h4-12,16H,3,13-15H2,1-2H3,(H,22,23)/t16-/m0/s1. The number of esters is 1. The van der Waals surface area contributed by atoms with Gasteiger partial charge >= 0.3 is 5.97 Å². The normalized spacial score (nSPS) is 11.5. The molecule has 0 radical (unpaired) electrons. The van der Waals surface area contributed by atoms with Crippen LogP contribution in [0.25, 0.3) is 0 Å². The van der Waals surface area contributed by atoms with Crippen LogP contribution in [0.1, 0.15) is 36.2 Å². The second kappa shape index (κ2) is 10.2. The molecule has 138 valence electrons. The van der Waals surface area contributed by atoms with Crippen molar-refractivity contribution in [1.82, 2.24) is 5.32 Å². The summed E-state index contributed by atoms with van der Waals surface area (Å²) in [7, 11) is 0. The van der Waals surface area contributed by atoms with Gasteiger partial charge in [0.1, 0.15) is 5.75 Å². The Bertz CT molecular complexity index is 698. The lowest BCUT2D eigenvalue weighted by Crippen LogP contribution is -2.27. The molecule has 26 heavy (non-hydrogen) atoms. The number of ether oxygens (including phenoxy) is 2. The molecule has 1 amide bonds. The maximum absolute atomic E-state index is 12.2. The summed E-state index contributed by atoms with van der Waals surface area (Å²) < 4.78 is 10.6. The van der Waals surface area contributed by atoms with E-state index >= 15 is 0 Å². The Morgan fingerprint density at radius 1 is 1.04 bits per heavy atom. The Hall–Kier alpha value is -2.82. The van der Waals surface area contributed by atoms with Crippen LogP contribution in [0.2, 0.25) is 0 Å². The van der Waals surface area contributed by atoms with Crippen LogP contribution in [0, 0.1) is 0 Å². The van der Waals surface area contributed by atoms with E-state index in [-0.39, 0.29) is 5.91 Å². The zero-order valence-electron chi connectivity index (χ0n) is 15.2. The maximum Gasteiger partial charge on any atom is 0.347 e. The van der Waals surface area contributed by atoms with Crippen LogP contribution in [0.15, 0.2) is 54.6 Å². The lowest BCUT2D eigenvalue weighted by atomic mass is 10.1. The first kappa shape index (κ1) is 19.5. The lowest BCUT2D eigenvalue weighted by Gasteiger charge is -2.14. The van der Waals surface area contributed by atoms with E-state index in [1.165, 1.54) is 5.56 Å². The van der Waals surface area contributed by atoms with E-state index in [9.17, 15) is 9.59 Å². The molecule has 1 N–H and O–H groups in total. The monoisotopic (exact) mass is 355 g/mol. The number of hydrogen-bond donors (Lipinski definition) is 1. The molecule has 1 atom stereocenters. The van der Waals surface area contributed by atoms with Crippen LogP contribution in [0.4, 0.5) is 0 Å². The molecular formula is C21H25NO4. The molecule has 2 aromatic carbocycles. The van der Waals surface area contributed by atoms with Crippen LogP contribution >= 0.6 is 0 Å². The third kappa shape index (κ3) is 6.24. The van der Waals surface area contributed by atoms with Crippen molar-refractivity contribution in [2.75, 3.05) is 13.2 Å². The first-order valence-electron chi connectivity index (χ1n) is 8.85. The van der Waals surface area contributed by atoms with Gasteiger partial charge in [0.25, 0.3) is 5.91 Å². The molecule has 0 saturated heterocycles. The summed E-state index contributed by atoms with van der Waals surface area (Å²) in [5.41, 5.74) is 1.73. The fourth-order valence-electron chi connectivity index (χ4n) is 2.32. The number of hydrogen-bond acceptors (Lipinski definition) is 4. The topological polar surface area (TPSA) is 64.6 Å². The molecule has 0 unspecified atom stereocenters.